The fraction of sp³-hybridized carbons (Fsp3) is 0.500. The second-order valence-electron chi connectivity index (χ2n) is 4.23. The predicted octanol–water partition coefficient (Wildman–Crippen LogP) is 0.753. The Hall–Kier alpha value is -0.760. The van der Waals surface area contributed by atoms with E-state index in [2.05, 4.69) is 5.32 Å². The van der Waals surface area contributed by atoms with Gasteiger partial charge < -0.3 is 5.32 Å². The van der Waals surface area contributed by atoms with E-state index in [0.717, 1.165) is 5.56 Å². The molecule has 0 bridgehead atoms. The van der Waals surface area contributed by atoms with Crippen molar-refractivity contribution in [2.45, 2.75) is 24.8 Å². The molecule has 1 rings (SSSR count). The molecule has 0 saturated heterocycles. The third kappa shape index (κ3) is 5.40. The molecule has 3 N–H and O–H groups in total. The highest BCUT2D eigenvalue weighted by atomic mass is 32.2. The van der Waals surface area contributed by atoms with E-state index in [1.54, 1.807) is 12.1 Å². The molecule has 0 aromatic heterocycles. The maximum absolute atomic E-state index is 11.3. The van der Waals surface area contributed by atoms with Crippen LogP contribution in [0, 0.1) is 0 Å². The number of primary sulfonamides is 1. The molecule has 2 unspecified atom stereocenters. The summed E-state index contributed by atoms with van der Waals surface area (Å²) in [6.07, 6.45) is 0. The zero-order valence-corrected chi connectivity index (χ0v) is 12.8. The molecule has 0 radical (unpaired) electrons. The van der Waals surface area contributed by atoms with E-state index in [-0.39, 0.29) is 10.9 Å². The lowest BCUT2D eigenvalue weighted by Crippen LogP contribution is -2.24. The van der Waals surface area contributed by atoms with Crippen LogP contribution < -0.4 is 10.5 Å². The molecule has 1 aromatic carbocycles. The van der Waals surface area contributed by atoms with Gasteiger partial charge in [-0.25, -0.2) is 13.6 Å². The number of sulfonamides is 1. The molecule has 108 valence electrons. The summed E-state index contributed by atoms with van der Waals surface area (Å²) in [6.45, 7) is 4.44. The molecule has 19 heavy (non-hydrogen) atoms. The molecule has 0 fully saturated rings. The third-order valence-corrected chi connectivity index (χ3v) is 5.00. The Balaban J connectivity index is 2.67. The summed E-state index contributed by atoms with van der Waals surface area (Å²) >= 11 is 0. The van der Waals surface area contributed by atoms with Gasteiger partial charge in [0.15, 0.2) is 0 Å². The van der Waals surface area contributed by atoms with Crippen molar-refractivity contribution < 1.29 is 12.6 Å². The van der Waals surface area contributed by atoms with Crippen LogP contribution in [-0.4, -0.2) is 30.7 Å². The second kappa shape index (κ2) is 7.14. The topological polar surface area (TPSA) is 89.3 Å². The van der Waals surface area contributed by atoms with E-state index >= 15 is 0 Å². The number of nitrogens with one attached hydrogen (secondary N) is 1. The van der Waals surface area contributed by atoms with E-state index in [1.807, 2.05) is 19.9 Å². The van der Waals surface area contributed by atoms with Gasteiger partial charge in [-0.3, -0.25) is 4.21 Å². The highest BCUT2D eigenvalue weighted by Gasteiger charge is 2.11. The van der Waals surface area contributed by atoms with Gasteiger partial charge in [0.2, 0.25) is 10.0 Å². The van der Waals surface area contributed by atoms with E-state index in [9.17, 15) is 12.6 Å². The highest BCUT2D eigenvalue weighted by molar-refractivity contribution is 7.89. The SMILES string of the molecule is CCS(=O)CCNC(C)c1cccc(S(N)(=O)=O)c1. The maximum atomic E-state index is 11.3. The molecular formula is C12H20N2O3S2. The Morgan fingerprint density at radius 1 is 1.42 bits per heavy atom. The Morgan fingerprint density at radius 3 is 2.68 bits per heavy atom. The van der Waals surface area contributed by atoms with Crippen LogP contribution in [0.3, 0.4) is 0 Å². The lowest BCUT2D eigenvalue weighted by atomic mass is 10.1. The van der Waals surface area contributed by atoms with E-state index < -0.39 is 20.8 Å². The van der Waals surface area contributed by atoms with Crippen molar-refractivity contribution in [1.82, 2.24) is 5.32 Å². The molecule has 2 atom stereocenters. The quantitative estimate of drug-likeness (QED) is 0.778. The molecular weight excluding hydrogens is 284 g/mol. The van der Waals surface area contributed by atoms with Crippen molar-refractivity contribution in [2.24, 2.45) is 5.14 Å². The Bertz CT molecular complexity index is 544. The van der Waals surface area contributed by atoms with Gasteiger partial charge in [-0.2, -0.15) is 0 Å². The summed E-state index contributed by atoms with van der Waals surface area (Å²) in [5, 5.41) is 8.31. The minimum Gasteiger partial charge on any atom is -0.309 e. The van der Waals surface area contributed by atoms with E-state index in [0.29, 0.717) is 18.1 Å². The average molecular weight is 304 g/mol. The Labute approximate surface area is 117 Å². The molecule has 0 amide bonds. The minimum atomic E-state index is -3.67. The van der Waals surface area contributed by atoms with Crippen molar-refractivity contribution in [1.29, 1.82) is 0 Å². The van der Waals surface area contributed by atoms with Crippen LogP contribution in [0.15, 0.2) is 29.2 Å². The van der Waals surface area contributed by atoms with Crippen molar-refractivity contribution in [2.75, 3.05) is 18.1 Å². The number of nitrogens with two attached hydrogens (primary N) is 1. The number of hydrogen-bond donors (Lipinski definition) is 2. The van der Waals surface area contributed by atoms with Gasteiger partial charge in [-0.1, -0.05) is 19.1 Å². The fourth-order valence-electron chi connectivity index (χ4n) is 1.61. The molecule has 5 nitrogen and oxygen atoms in total. The molecule has 7 heteroatoms. The number of hydrogen-bond acceptors (Lipinski definition) is 4. The molecule has 0 saturated carbocycles. The summed E-state index contributed by atoms with van der Waals surface area (Å²) in [6, 6.07) is 6.51. The molecule has 1 aromatic rings. The first-order valence-corrected chi connectivity index (χ1v) is 9.09. The Morgan fingerprint density at radius 2 is 2.11 bits per heavy atom. The molecule has 0 aliphatic heterocycles. The van der Waals surface area contributed by atoms with Crippen LogP contribution in [0.4, 0.5) is 0 Å². The molecule has 0 spiro atoms. The number of benzene rings is 1. The van der Waals surface area contributed by atoms with Crippen LogP contribution >= 0.6 is 0 Å². The van der Waals surface area contributed by atoms with Gasteiger partial charge in [-0.05, 0) is 24.6 Å². The first kappa shape index (κ1) is 16.3. The van der Waals surface area contributed by atoms with Crippen molar-refractivity contribution >= 4 is 20.8 Å². The standard InChI is InChI=1S/C12H20N2O3S2/c1-3-18(15)8-7-14-10(2)11-5-4-6-12(9-11)19(13,16)17/h4-6,9-10,14H,3,7-8H2,1-2H3,(H2,13,16,17). The number of rotatable bonds is 7. The predicted molar refractivity (Wildman–Crippen MR) is 77.8 cm³/mol. The first-order chi connectivity index (χ1) is 8.84. The summed E-state index contributed by atoms with van der Waals surface area (Å²) in [5.74, 6) is 1.24. The second-order valence-corrected chi connectivity index (χ2v) is 7.65. The van der Waals surface area contributed by atoms with Crippen LogP contribution in [0.5, 0.6) is 0 Å². The first-order valence-electron chi connectivity index (χ1n) is 6.05. The summed E-state index contributed by atoms with van der Waals surface area (Å²) < 4.78 is 33.8. The molecule has 0 aliphatic rings. The largest absolute Gasteiger partial charge is 0.309 e. The van der Waals surface area contributed by atoms with Gasteiger partial charge in [0.25, 0.3) is 0 Å². The van der Waals surface area contributed by atoms with Crippen LogP contribution in [0.1, 0.15) is 25.5 Å². The van der Waals surface area contributed by atoms with Gasteiger partial charge in [0, 0.05) is 34.9 Å². The van der Waals surface area contributed by atoms with Crippen LogP contribution in [0.25, 0.3) is 0 Å². The van der Waals surface area contributed by atoms with Gasteiger partial charge in [-0.15, -0.1) is 0 Å². The normalized spacial score (nSPS) is 15.1. The van der Waals surface area contributed by atoms with Crippen LogP contribution in [-0.2, 0) is 20.8 Å². The van der Waals surface area contributed by atoms with E-state index in [4.69, 9.17) is 5.14 Å². The minimum absolute atomic E-state index is 0.0180. The van der Waals surface area contributed by atoms with Gasteiger partial charge >= 0.3 is 0 Å². The molecule has 0 aliphatic carbocycles. The zero-order chi connectivity index (χ0) is 14.5. The zero-order valence-electron chi connectivity index (χ0n) is 11.1. The lowest BCUT2D eigenvalue weighted by Gasteiger charge is -2.14. The van der Waals surface area contributed by atoms with Crippen LogP contribution in [0.2, 0.25) is 0 Å². The summed E-state index contributed by atoms with van der Waals surface area (Å²) in [7, 11) is -4.47. The van der Waals surface area contributed by atoms with Gasteiger partial charge in [0.05, 0.1) is 4.90 Å². The Kier molecular flexibility index (Phi) is 6.12. The third-order valence-electron chi connectivity index (χ3n) is 2.79. The highest BCUT2D eigenvalue weighted by Crippen LogP contribution is 2.16. The van der Waals surface area contributed by atoms with Crippen molar-refractivity contribution in [3.63, 3.8) is 0 Å². The van der Waals surface area contributed by atoms with E-state index in [1.165, 1.54) is 6.07 Å². The fourth-order valence-corrected chi connectivity index (χ4v) is 2.82. The maximum Gasteiger partial charge on any atom is 0.238 e. The smallest absolute Gasteiger partial charge is 0.238 e. The summed E-state index contributed by atoms with van der Waals surface area (Å²) in [4.78, 5) is 0.107. The monoisotopic (exact) mass is 304 g/mol. The average Bonchev–Trinajstić information content (AvgIpc) is 2.37. The van der Waals surface area contributed by atoms with Gasteiger partial charge in [0.1, 0.15) is 0 Å². The lowest BCUT2D eigenvalue weighted by molar-refractivity contribution is 0.590. The summed E-state index contributed by atoms with van der Waals surface area (Å²) in [5.41, 5.74) is 0.841. The van der Waals surface area contributed by atoms with Crippen molar-refractivity contribution in [3.05, 3.63) is 29.8 Å². The van der Waals surface area contributed by atoms with Crippen molar-refractivity contribution in [3.8, 4) is 0 Å². The molecule has 0 heterocycles.